The Bertz CT molecular complexity index is 863. The zero-order valence-electron chi connectivity index (χ0n) is 18.2. The van der Waals surface area contributed by atoms with Crippen LogP contribution in [0.5, 0.6) is 0 Å². The van der Waals surface area contributed by atoms with E-state index in [0.717, 1.165) is 37.9 Å². The summed E-state index contributed by atoms with van der Waals surface area (Å²) in [6.45, 7) is 9.44. The van der Waals surface area contributed by atoms with E-state index in [2.05, 4.69) is 5.32 Å². The number of thioether (sulfide) groups is 1. The number of likely N-dealkylation sites (tertiary alicyclic amines) is 1. The maximum absolute atomic E-state index is 13.5. The molecule has 0 bridgehead atoms. The lowest BCUT2D eigenvalue weighted by Crippen LogP contribution is -2.59. The summed E-state index contributed by atoms with van der Waals surface area (Å²) >= 11 is 1.64. The van der Waals surface area contributed by atoms with Gasteiger partial charge in [-0.05, 0) is 50.7 Å². The summed E-state index contributed by atoms with van der Waals surface area (Å²) in [5.74, 6) is -0.366. The fourth-order valence-electron chi connectivity index (χ4n) is 4.86. The normalized spacial score (nSPS) is 25.8. The molecule has 0 spiro atoms. The summed E-state index contributed by atoms with van der Waals surface area (Å²) in [6, 6.07) is 6.39. The van der Waals surface area contributed by atoms with Crippen molar-refractivity contribution in [2.45, 2.75) is 69.2 Å². The summed E-state index contributed by atoms with van der Waals surface area (Å²) in [6.07, 6.45) is 3.17. The summed E-state index contributed by atoms with van der Waals surface area (Å²) < 4.78 is -0.451. The molecule has 3 aliphatic heterocycles. The number of fused-ring (bicyclic) bond motifs is 3. The average Bonchev–Trinajstić information content (AvgIpc) is 3.15. The maximum Gasteiger partial charge on any atom is 0.256 e. The van der Waals surface area contributed by atoms with E-state index in [1.165, 1.54) is 0 Å². The van der Waals surface area contributed by atoms with Gasteiger partial charge in [0.15, 0.2) is 0 Å². The highest BCUT2D eigenvalue weighted by atomic mass is 32.2. The third-order valence-electron chi connectivity index (χ3n) is 6.44. The van der Waals surface area contributed by atoms with Crippen LogP contribution >= 0.6 is 11.8 Å². The van der Waals surface area contributed by atoms with Gasteiger partial charge in [-0.1, -0.05) is 32.0 Å². The Morgan fingerprint density at radius 2 is 1.80 bits per heavy atom. The summed E-state index contributed by atoms with van der Waals surface area (Å²) in [5, 5.41) is 2.88. The Labute approximate surface area is 182 Å². The first-order valence-electron chi connectivity index (χ1n) is 10.9. The molecule has 3 heterocycles. The largest absolute Gasteiger partial charge is 0.342 e. The monoisotopic (exact) mass is 429 g/mol. The minimum Gasteiger partial charge on any atom is -0.342 e. The number of nitrogens with zero attached hydrogens (tertiary/aromatic N) is 2. The van der Waals surface area contributed by atoms with Gasteiger partial charge in [0.05, 0.1) is 0 Å². The van der Waals surface area contributed by atoms with Crippen molar-refractivity contribution in [2.75, 3.05) is 13.1 Å². The molecule has 3 atom stereocenters. The molecule has 7 heteroatoms. The van der Waals surface area contributed by atoms with E-state index < -0.39 is 16.8 Å². The molecule has 1 aromatic rings. The molecule has 1 N–H and O–H groups in total. The van der Waals surface area contributed by atoms with Crippen molar-refractivity contribution in [1.82, 2.24) is 15.1 Å². The third kappa shape index (κ3) is 3.51. The van der Waals surface area contributed by atoms with Crippen LogP contribution in [0.25, 0.3) is 0 Å². The first-order valence-corrected chi connectivity index (χ1v) is 11.8. The van der Waals surface area contributed by atoms with Crippen LogP contribution in [0.1, 0.15) is 68.3 Å². The number of hydrogen-bond acceptors (Lipinski definition) is 4. The van der Waals surface area contributed by atoms with Gasteiger partial charge in [0.25, 0.3) is 5.91 Å². The molecule has 6 nitrogen and oxygen atoms in total. The molecular formula is C23H31N3O3S. The van der Waals surface area contributed by atoms with Crippen molar-refractivity contribution in [3.8, 4) is 0 Å². The Kier molecular flexibility index (Phi) is 5.60. The molecule has 3 unspecified atom stereocenters. The van der Waals surface area contributed by atoms with Crippen LogP contribution in [-0.4, -0.2) is 57.4 Å². The second-order valence-electron chi connectivity index (χ2n) is 9.39. The minimum atomic E-state index is -0.622. The first-order chi connectivity index (χ1) is 14.2. The van der Waals surface area contributed by atoms with Crippen molar-refractivity contribution < 1.29 is 14.4 Å². The number of carbonyl (C=O) groups excluding carboxylic acids is 3. The van der Waals surface area contributed by atoms with Gasteiger partial charge in [0.2, 0.25) is 11.8 Å². The lowest BCUT2D eigenvalue weighted by atomic mass is 9.97. The van der Waals surface area contributed by atoms with E-state index in [4.69, 9.17) is 0 Å². The van der Waals surface area contributed by atoms with Gasteiger partial charge in [-0.2, -0.15) is 0 Å². The van der Waals surface area contributed by atoms with Crippen LogP contribution in [0.15, 0.2) is 24.3 Å². The predicted molar refractivity (Wildman–Crippen MR) is 118 cm³/mol. The Balaban J connectivity index is 1.57. The highest BCUT2D eigenvalue weighted by Gasteiger charge is 2.57. The zero-order valence-corrected chi connectivity index (χ0v) is 19.0. The fraction of sp³-hybridized carbons (Fsp3) is 0.609. The molecule has 1 aromatic carbocycles. The predicted octanol–water partition coefficient (Wildman–Crippen LogP) is 3.19. The zero-order chi connectivity index (χ0) is 21.6. The van der Waals surface area contributed by atoms with Gasteiger partial charge in [-0.3, -0.25) is 14.4 Å². The third-order valence-corrected chi connectivity index (χ3v) is 7.98. The van der Waals surface area contributed by atoms with E-state index in [1.807, 2.05) is 56.9 Å². The molecule has 0 saturated carbocycles. The lowest BCUT2D eigenvalue weighted by Gasteiger charge is -2.35. The molecule has 0 aliphatic carbocycles. The van der Waals surface area contributed by atoms with Crippen LogP contribution in [0.2, 0.25) is 0 Å². The van der Waals surface area contributed by atoms with Crippen molar-refractivity contribution >= 4 is 29.5 Å². The molecule has 0 radical (unpaired) electrons. The molecule has 2 fully saturated rings. The SMILES string of the molecule is CC(C)C(NC(=O)C1N2C(=O)c3ccccc3C2SC1(C)C)C(=O)N1CCCCC1. The molecule has 30 heavy (non-hydrogen) atoms. The topological polar surface area (TPSA) is 69.7 Å². The van der Waals surface area contributed by atoms with Crippen LogP contribution in [-0.2, 0) is 9.59 Å². The summed E-state index contributed by atoms with van der Waals surface area (Å²) in [4.78, 5) is 43.4. The van der Waals surface area contributed by atoms with Gasteiger partial charge in [0, 0.05) is 23.4 Å². The standard InChI is InChI=1S/C23H31N3O3S/c1-14(2)17(21(29)25-12-8-5-9-13-25)24-19(27)18-23(3,4)30-22-16-11-7-6-10-15(16)20(28)26(18)22/h6-7,10-11,14,17-18,22H,5,8-9,12-13H2,1-4H3,(H,24,27). The fourth-order valence-corrected chi connectivity index (χ4v) is 6.45. The minimum absolute atomic E-state index is 0.00547. The Morgan fingerprint density at radius 1 is 1.13 bits per heavy atom. The molecule has 2 saturated heterocycles. The molecule has 162 valence electrons. The van der Waals surface area contributed by atoms with Crippen molar-refractivity contribution in [2.24, 2.45) is 5.92 Å². The number of amides is 3. The van der Waals surface area contributed by atoms with E-state index in [0.29, 0.717) is 5.56 Å². The summed E-state index contributed by atoms with van der Waals surface area (Å²) in [7, 11) is 0. The molecule has 4 rings (SSSR count). The molecular weight excluding hydrogens is 398 g/mol. The van der Waals surface area contributed by atoms with Gasteiger partial charge in [-0.25, -0.2) is 0 Å². The Hall–Kier alpha value is -2.02. The van der Waals surface area contributed by atoms with Crippen LogP contribution in [0.3, 0.4) is 0 Å². The van der Waals surface area contributed by atoms with E-state index in [1.54, 1.807) is 16.7 Å². The summed E-state index contributed by atoms with van der Waals surface area (Å²) in [5.41, 5.74) is 1.65. The number of nitrogens with one attached hydrogen (secondary N) is 1. The second-order valence-corrected chi connectivity index (χ2v) is 11.1. The van der Waals surface area contributed by atoms with Crippen LogP contribution in [0.4, 0.5) is 0 Å². The number of carbonyl (C=O) groups is 3. The van der Waals surface area contributed by atoms with Gasteiger partial charge in [0.1, 0.15) is 17.5 Å². The van der Waals surface area contributed by atoms with Crippen molar-refractivity contribution in [1.29, 1.82) is 0 Å². The molecule has 3 aliphatic rings. The number of benzene rings is 1. The second kappa shape index (κ2) is 7.91. The first kappa shape index (κ1) is 21.2. The Morgan fingerprint density at radius 3 is 2.47 bits per heavy atom. The van der Waals surface area contributed by atoms with E-state index in [-0.39, 0.29) is 29.0 Å². The highest BCUT2D eigenvalue weighted by molar-refractivity contribution is 8.01. The quantitative estimate of drug-likeness (QED) is 0.798. The van der Waals surface area contributed by atoms with Gasteiger partial charge in [-0.15, -0.1) is 11.8 Å². The van der Waals surface area contributed by atoms with Gasteiger partial charge < -0.3 is 15.1 Å². The number of piperidine rings is 1. The molecule has 3 amide bonds. The van der Waals surface area contributed by atoms with Crippen LogP contribution in [0, 0.1) is 5.92 Å². The van der Waals surface area contributed by atoms with E-state index in [9.17, 15) is 14.4 Å². The van der Waals surface area contributed by atoms with E-state index >= 15 is 0 Å². The maximum atomic E-state index is 13.5. The lowest BCUT2D eigenvalue weighted by molar-refractivity contribution is -0.139. The van der Waals surface area contributed by atoms with Crippen molar-refractivity contribution in [3.05, 3.63) is 35.4 Å². The van der Waals surface area contributed by atoms with Crippen molar-refractivity contribution in [3.63, 3.8) is 0 Å². The highest BCUT2D eigenvalue weighted by Crippen LogP contribution is 2.56. The number of hydrogen-bond donors (Lipinski definition) is 1. The van der Waals surface area contributed by atoms with Gasteiger partial charge >= 0.3 is 0 Å². The van der Waals surface area contributed by atoms with Crippen LogP contribution < -0.4 is 5.32 Å². The molecule has 0 aromatic heterocycles. The smallest absolute Gasteiger partial charge is 0.256 e. The number of rotatable bonds is 4. The average molecular weight is 430 g/mol.